The molecule has 21 rings (SSSR count). The van der Waals surface area contributed by atoms with Crippen LogP contribution in [0.5, 0.6) is 0 Å². The Hall–Kier alpha value is -16.4. The predicted octanol–water partition coefficient (Wildman–Crippen LogP) is 25.5. The first-order valence-corrected chi connectivity index (χ1v) is 40.3. The number of hydrogen-bond donors (Lipinski definition) is 0. The summed E-state index contributed by atoms with van der Waals surface area (Å²) >= 11 is 0. The molecule has 4 aromatic heterocycles. The van der Waals surface area contributed by atoms with Gasteiger partial charge in [-0.3, -0.25) is 0 Å². The Morgan fingerprint density at radius 1 is 0.116 bits per heavy atom. The summed E-state index contributed by atoms with van der Waals surface area (Å²) in [5, 5.41) is 0. The third-order valence-electron chi connectivity index (χ3n) is 22.3. The van der Waals surface area contributed by atoms with Gasteiger partial charge in [0.1, 0.15) is 0 Å². The Kier molecular flexibility index (Phi) is 18.9. The molecule has 1 aliphatic rings. The van der Waals surface area contributed by atoms with E-state index in [0.29, 0.717) is 69.9 Å². The van der Waals surface area contributed by atoms with Crippen molar-refractivity contribution in [2.24, 2.45) is 0 Å². The van der Waals surface area contributed by atoms with Crippen molar-refractivity contribution in [3.05, 3.63) is 447 Å². The lowest BCUT2D eigenvalue weighted by Crippen LogP contribution is -2.29. The molecule has 0 spiro atoms. The Bertz CT molecular complexity index is 6200. The quantitative estimate of drug-likeness (QED) is 0.0803. The zero-order valence-electron chi connectivity index (χ0n) is 65.3. The average Bonchev–Trinajstić information content (AvgIpc) is 1.54. The highest BCUT2D eigenvalue weighted by molar-refractivity contribution is 5.91. The molecule has 0 saturated heterocycles. The molecule has 566 valence electrons. The Morgan fingerprint density at radius 3 is 0.463 bits per heavy atom. The standard InChI is InChI=1S/C109H70N12/c1-9-33-71(34-10-1)97-110-98(72-35-11-2-12-36-72)115-105(114-97)83-53-29-49-79(61-83)87-65-88(80-50-30-54-84(62-80)106-116-99(73-37-13-3-14-38-73)111-100(117-106)74-39-15-4-16-40-74)68-91(67-87)109(95-59-27-25-57-93(95)94-58-26-28-60-96(94)109)92-69-89(81-51-31-55-85(63-81)107-118-101(75-41-17-5-18-42-75)112-102(119-107)76-43-19-6-20-44-76)66-90(70-92)82-52-32-56-86(64-82)108-120-103(77-45-21-7-22-46-77)113-104(121-108)78-47-23-8-24-48-78/h1-70H. The van der Waals surface area contributed by atoms with Crippen molar-refractivity contribution in [3.8, 4) is 192 Å². The van der Waals surface area contributed by atoms with Crippen LogP contribution in [-0.4, -0.2) is 59.8 Å². The maximum atomic E-state index is 5.29. The van der Waals surface area contributed by atoms with E-state index in [1.165, 1.54) is 0 Å². The third-order valence-corrected chi connectivity index (χ3v) is 22.3. The summed E-state index contributed by atoms with van der Waals surface area (Å²) in [7, 11) is 0. The van der Waals surface area contributed by atoms with Gasteiger partial charge in [-0.25, -0.2) is 59.8 Å². The van der Waals surface area contributed by atoms with E-state index < -0.39 is 5.41 Å². The van der Waals surface area contributed by atoms with E-state index in [2.05, 4.69) is 182 Å². The van der Waals surface area contributed by atoms with Gasteiger partial charge >= 0.3 is 0 Å². The molecule has 12 nitrogen and oxygen atoms in total. The van der Waals surface area contributed by atoms with Crippen LogP contribution in [0.25, 0.3) is 192 Å². The van der Waals surface area contributed by atoms with Gasteiger partial charge in [0.15, 0.2) is 69.9 Å². The summed E-state index contributed by atoms with van der Waals surface area (Å²) in [6.07, 6.45) is 0. The topological polar surface area (TPSA) is 155 Å². The molecule has 4 heterocycles. The number of fused-ring (bicyclic) bond motifs is 3. The van der Waals surface area contributed by atoms with E-state index in [-0.39, 0.29) is 0 Å². The zero-order chi connectivity index (χ0) is 80.4. The smallest absolute Gasteiger partial charge is 0.164 e. The molecule has 16 aromatic carbocycles. The van der Waals surface area contributed by atoms with E-state index in [4.69, 9.17) is 59.8 Å². The van der Waals surface area contributed by atoms with Gasteiger partial charge in [0.25, 0.3) is 0 Å². The highest BCUT2D eigenvalue weighted by atomic mass is 15.1. The lowest BCUT2D eigenvalue weighted by molar-refractivity contribution is 0.770. The molecule has 0 unspecified atom stereocenters. The predicted molar refractivity (Wildman–Crippen MR) is 484 cm³/mol. The van der Waals surface area contributed by atoms with Crippen LogP contribution in [-0.2, 0) is 5.41 Å². The molecule has 12 heteroatoms. The monoisotopic (exact) mass is 1550 g/mol. The molecule has 0 radical (unpaired) electrons. The largest absolute Gasteiger partial charge is 0.208 e. The SMILES string of the molecule is c1ccc(-c2nc(-c3ccccc3)nc(-c3cccc(-c4cc(-c5cccc(-c6nc(-c7ccccc7)nc(-c7ccccc7)n6)c5)cc(C5(c6cc(-c7cccc(-c8nc(-c9ccccc9)nc(-c9ccccc9)n8)c7)cc(-c7cccc(-c8nc(-c9ccccc9)nc(-c9ccccc9)n8)c7)c6)c6ccccc6-c6ccccc65)c4)c3)n2)cc1. The lowest BCUT2D eigenvalue weighted by Gasteiger charge is -2.35. The lowest BCUT2D eigenvalue weighted by atomic mass is 9.66. The Morgan fingerprint density at radius 2 is 0.264 bits per heavy atom. The van der Waals surface area contributed by atoms with Crippen molar-refractivity contribution in [1.29, 1.82) is 0 Å². The Labute approximate surface area is 700 Å². The minimum Gasteiger partial charge on any atom is -0.208 e. The van der Waals surface area contributed by atoms with Crippen molar-refractivity contribution >= 4 is 0 Å². The molecule has 0 N–H and O–H groups in total. The first-order valence-electron chi connectivity index (χ1n) is 40.3. The maximum absolute atomic E-state index is 5.29. The van der Waals surface area contributed by atoms with Gasteiger partial charge in [-0.2, -0.15) is 0 Å². The van der Waals surface area contributed by atoms with Crippen LogP contribution in [0.4, 0.5) is 0 Å². The molecule has 121 heavy (non-hydrogen) atoms. The molecule has 0 saturated carbocycles. The summed E-state index contributed by atoms with van der Waals surface area (Å²) in [6, 6.07) is 148. The fourth-order valence-corrected chi connectivity index (χ4v) is 16.5. The number of aromatic nitrogens is 12. The fourth-order valence-electron chi connectivity index (χ4n) is 16.5. The first-order chi connectivity index (χ1) is 59.9. The highest BCUT2D eigenvalue weighted by Gasteiger charge is 2.47. The van der Waals surface area contributed by atoms with Crippen molar-refractivity contribution < 1.29 is 0 Å². The molecule has 0 bridgehead atoms. The first kappa shape index (κ1) is 72.3. The highest BCUT2D eigenvalue weighted by Crippen LogP contribution is 2.58. The maximum Gasteiger partial charge on any atom is 0.164 e. The number of nitrogens with zero attached hydrogens (tertiary/aromatic N) is 12. The van der Waals surface area contributed by atoms with Gasteiger partial charge < -0.3 is 0 Å². The van der Waals surface area contributed by atoms with Crippen LogP contribution in [0, 0.1) is 0 Å². The molecule has 0 atom stereocenters. The summed E-state index contributed by atoms with van der Waals surface area (Å²) in [5.41, 5.74) is 23.5. The fraction of sp³-hybridized carbons (Fsp3) is 0.00917. The van der Waals surface area contributed by atoms with Crippen molar-refractivity contribution in [3.63, 3.8) is 0 Å². The van der Waals surface area contributed by atoms with E-state index in [0.717, 1.165) is 145 Å². The van der Waals surface area contributed by atoms with Crippen LogP contribution in [0.1, 0.15) is 22.3 Å². The molecule has 0 fully saturated rings. The third kappa shape index (κ3) is 14.3. The van der Waals surface area contributed by atoms with Gasteiger partial charge in [0.05, 0.1) is 5.41 Å². The van der Waals surface area contributed by atoms with Crippen molar-refractivity contribution in [2.45, 2.75) is 5.41 Å². The van der Waals surface area contributed by atoms with Crippen LogP contribution in [0.15, 0.2) is 425 Å². The Balaban J connectivity index is 0.816. The number of rotatable bonds is 18. The van der Waals surface area contributed by atoms with Gasteiger partial charge in [0.2, 0.25) is 0 Å². The van der Waals surface area contributed by atoms with E-state index >= 15 is 0 Å². The van der Waals surface area contributed by atoms with Crippen molar-refractivity contribution in [2.75, 3.05) is 0 Å². The summed E-state index contributed by atoms with van der Waals surface area (Å²) < 4.78 is 0. The summed E-state index contributed by atoms with van der Waals surface area (Å²) in [5.74, 6) is 6.76. The second kappa shape index (κ2) is 31.6. The van der Waals surface area contributed by atoms with Gasteiger partial charge in [0, 0.05) is 66.8 Å². The summed E-state index contributed by atoms with van der Waals surface area (Å²) in [6.45, 7) is 0. The molecule has 1 aliphatic carbocycles. The molecular formula is C109H70N12. The average molecular weight is 1550 g/mol. The number of benzene rings is 16. The second-order valence-electron chi connectivity index (χ2n) is 29.9. The van der Waals surface area contributed by atoms with Crippen LogP contribution >= 0.6 is 0 Å². The van der Waals surface area contributed by atoms with Crippen LogP contribution in [0.3, 0.4) is 0 Å². The zero-order valence-corrected chi connectivity index (χ0v) is 65.3. The van der Waals surface area contributed by atoms with Crippen molar-refractivity contribution in [1.82, 2.24) is 59.8 Å². The van der Waals surface area contributed by atoms with Crippen LogP contribution < -0.4 is 0 Å². The second-order valence-corrected chi connectivity index (χ2v) is 29.9. The van der Waals surface area contributed by atoms with Crippen LogP contribution in [0.2, 0.25) is 0 Å². The van der Waals surface area contributed by atoms with E-state index in [9.17, 15) is 0 Å². The van der Waals surface area contributed by atoms with Gasteiger partial charge in [-0.15, -0.1) is 0 Å². The minimum atomic E-state index is -1.05. The molecule has 0 amide bonds. The normalized spacial score (nSPS) is 11.9. The van der Waals surface area contributed by atoms with E-state index in [1.54, 1.807) is 0 Å². The molecular weight excluding hydrogens is 1480 g/mol. The number of hydrogen-bond acceptors (Lipinski definition) is 12. The van der Waals surface area contributed by atoms with E-state index in [1.807, 2.05) is 243 Å². The minimum absolute atomic E-state index is 0.542. The van der Waals surface area contributed by atoms with Gasteiger partial charge in [-0.05, 0) is 139 Å². The van der Waals surface area contributed by atoms with Gasteiger partial charge in [-0.1, -0.05) is 364 Å². The molecule has 0 aliphatic heterocycles. The summed E-state index contributed by atoms with van der Waals surface area (Å²) in [4.78, 5) is 62.8. The molecule has 20 aromatic rings.